The zero-order valence-corrected chi connectivity index (χ0v) is 18.8. The topological polar surface area (TPSA) is 89.5 Å². The van der Waals surface area contributed by atoms with E-state index in [4.69, 9.17) is 14.2 Å². The molecule has 1 atom stereocenters. The fourth-order valence-electron chi connectivity index (χ4n) is 3.16. The van der Waals surface area contributed by atoms with E-state index >= 15 is 0 Å². The Morgan fingerprint density at radius 3 is 2.73 bits per heavy atom. The number of nitrogens with zero attached hydrogens (tertiary/aromatic N) is 2. The molecule has 0 unspecified atom stereocenters. The van der Waals surface area contributed by atoms with E-state index in [9.17, 15) is 9.59 Å². The molecule has 30 heavy (non-hydrogen) atoms. The summed E-state index contributed by atoms with van der Waals surface area (Å²) in [5, 5.41) is 7.47. The van der Waals surface area contributed by atoms with Gasteiger partial charge < -0.3 is 24.4 Å². The van der Waals surface area contributed by atoms with Gasteiger partial charge in [0.25, 0.3) is 0 Å². The molecule has 3 rings (SSSR count). The highest BCUT2D eigenvalue weighted by Gasteiger charge is 2.41. The number of ether oxygens (including phenoxy) is 3. The van der Waals surface area contributed by atoms with Crippen molar-refractivity contribution in [3.63, 3.8) is 0 Å². The number of rotatable bonds is 10. The first-order valence-electron chi connectivity index (χ1n) is 9.46. The van der Waals surface area contributed by atoms with Crippen molar-refractivity contribution in [2.24, 2.45) is 4.99 Å². The fraction of sp³-hybridized carbons (Fsp3) is 0.450. The number of hydrogen-bond acceptors (Lipinski definition) is 9. The third-order valence-electron chi connectivity index (χ3n) is 4.52. The summed E-state index contributed by atoms with van der Waals surface area (Å²) in [4.78, 5) is 32.9. The van der Waals surface area contributed by atoms with Crippen LogP contribution in [0.3, 0.4) is 0 Å². The zero-order chi connectivity index (χ0) is 21.5. The van der Waals surface area contributed by atoms with Crippen molar-refractivity contribution < 1.29 is 23.8 Å². The first-order chi connectivity index (χ1) is 14.6. The molecule has 0 saturated heterocycles. The molecule has 0 spiro atoms. The molecule has 10 heteroatoms. The maximum atomic E-state index is 12.9. The van der Waals surface area contributed by atoms with Gasteiger partial charge in [0.05, 0.1) is 30.9 Å². The van der Waals surface area contributed by atoms with Gasteiger partial charge in [0.1, 0.15) is 12.6 Å². The summed E-state index contributed by atoms with van der Waals surface area (Å²) in [7, 11) is 3.15. The van der Waals surface area contributed by atoms with Gasteiger partial charge in [-0.2, -0.15) is 0 Å². The number of nitrogens with one attached hydrogen (secondary N) is 1. The molecule has 8 nitrogen and oxygen atoms in total. The van der Waals surface area contributed by atoms with Crippen LogP contribution >= 0.6 is 23.1 Å². The lowest BCUT2D eigenvalue weighted by molar-refractivity contribution is -0.141. The Labute approximate surface area is 184 Å². The minimum atomic E-state index is -0.424. The van der Waals surface area contributed by atoms with Crippen LogP contribution < -0.4 is 5.32 Å². The van der Waals surface area contributed by atoms with Gasteiger partial charge in [-0.05, 0) is 23.8 Å². The van der Waals surface area contributed by atoms with Crippen LogP contribution in [-0.2, 0) is 23.8 Å². The van der Waals surface area contributed by atoms with Gasteiger partial charge in [0.15, 0.2) is 5.17 Å². The van der Waals surface area contributed by atoms with E-state index in [2.05, 4.69) is 10.3 Å². The zero-order valence-electron chi connectivity index (χ0n) is 17.2. The highest BCUT2D eigenvalue weighted by atomic mass is 32.2. The molecule has 162 valence electrons. The Morgan fingerprint density at radius 2 is 2.03 bits per heavy atom. The number of esters is 1. The van der Waals surface area contributed by atoms with Gasteiger partial charge in [-0.15, -0.1) is 11.3 Å². The second-order valence-corrected chi connectivity index (χ2v) is 8.37. The molecule has 1 aromatic heterocycles. The predicted octanol–water partition coefficient (Wildman–Crippen LogP) is 2.67. The van der Waals surface area contributed by atoms with Crippen LogP contribution in [0.15, 0.2) is 44.9 Å². The Hall–Kier alpha value is -2.14. The monoisotopic (exact) mass is 451 g/mol. The smallest absolute Gasteiger partial charge is 0.338 e. The van der Waals surface area contributed by atoms with Crippen molar-refractivity contribution in [2.45, 2.75) is 19.4 Å². The van der Waals surface area contributed by atoms with E-state index in [0.717, 1.165) is 15.7 Å². The molecule has 3 heterocycles. The maximum absolute atomic E-state index is 12.9. The quantitative estimate of drug-likeness (QED) is 0.432. The van der Waals surface area contributed by atoms with E-state index < -0.39 is 5.97 Å². The third-order valence-corrected chi connectivity index (χ3v) is 6.34. The van der Waals surface area contributed by atoms with Gasteiger partial charge in [-0.1, -0.05) is 17.8 Å². The van der Waals surface area contributed by atoms with Gasteiger partial charge in [0, 0.05) is 31.3 Å². The van der Waals surface area contributed by atoms with E-state index in [-0.39, 0.29) is 25.0 Å². The molecule has 0 bridgehead atoms. The molecule has 1 aromatic rings. The van der Waals surface area contributed by atoms with Crippen LogP contribution in [0, 0.1) is 0 Å². The number of aliphatic imine (C=N–C) groups is 1. The number of amides is 1. The summed E-state index contributed by atoms with van der Waals surface area (Å²) in [5.74, 6) is -0.535. The van der Waals surface area contributed by atoms with E-state index in [0.29, 0.717) is 31.0 Å². The maximum Gasteiger partial charge on any atom is 0.338 e. The van der Waals surface area contributed by atoms with Crippen molar-refractivity contribution in [2.75, 3.05) is 40.6 Å². The molecule has 0 radical (unpaired) electrons. The lowest BCUT2D eigenvalue weighted by atomic mass is 9.99. The van der Waals surface area contributed by atoms with Gasteiger partial charge in [-0.25, -0.2) is 9.79 Å². The lowest BCUT2D eigenvalue weighted by Gasteiger charge is -2.35. The number of methoxy groups -OCH3 is 2. The summed E-state index contributed by atoms with van der Waals surface area (Å²) >= 11 is 3.00. The van der Waals surface area contributed by atoms with E-state index in [1.807, 2.05) is 34.7 Å². The normalized spacial score (nSPS) is 18.1. The Morgan fingerprint density at radius 1 is 1.23 bits per heavy atom. The molecule has 1 N–H and O–H groups in total. The summed E-state index contributed by atoms with van der Waals surface area (Å²) in [6.07, 6.45) is 0.183. The van der Waals surface area contributed by atoms with Gasteiger partial charge >= 0.3 is 5.97 Å². The minimum Gasteiger partial charge on any atom is -0.460 e. The van der Waals surface area contributed by atoms with Crippen molar-refractivity contribution in [1.29, 1.82) is 0 Å². The van der Waals surface area contributed by atoms with Crippen molar-refractivity contribution in [1.82, 2.24) is 10.2 Å². The summed E-state index contributed by atoms with van der Waals surface area (Å²) < 4.78 is 15.4. The summed E-state index contributed by atoms with van der Waals surface area (Å²) in [5.41, 5.74) is 1.89. The van der Waals surface area contributed by atoms with E-state index in [1.54, 1.807) is 25.6 Å². The first-order valence-corrected chi connectivity index (χ1v) is 11.2. The van der Waals surface area contributed by atoms with Crippen molar-refractivity contribution in [3.8, 4) is 0 Å². The van der Waals surface area contributed by atoms with Crippen molar-refractivity contribution >= 4 is 40.1 Å². The average molecular weight is 452 g/mol. The Balaban J connectivity index is 1.86. The molecule has 0 saturated carbocycles. The highest BCUT2D eigenvalue weighted by molar-refractivity contribution is 8.16. The molecule has 0 aromatic carbocycles. The molecule has 2 aliphatic rings. The number of thiophene rings is 1. The van der Waals surface area contributed by atoms with Crippen LogP contribution in [0.25, 0.3) is 0 Å². The number of carbonyl (C=O) groups excluding carboxylic acids is 2. The number of carbonyl (C=O) groups is 2. The number of fused-ring (bicyclic) bond motifs is 1. The average Bonchev–Trinajstić information content (AvgIpc) is 3.38. The molecule has 0 aliphatic carbocycles. The lowest BCUT2D eigenvalue weighted by Crippen LogP contribution is -2.38. The Bertz CT molecular complexity index is 864. The number of thioether (sulfide) groups is 1. The van der Waals surface area contributed by atoms with Crippen LogP contribution in [0.1, 0.15) is 24.3 Å². The SMILES string of the molecule is COCCNC(=O)CC1=CSC2=NC(C)=C(C(=O)OCCOC)[C@H](c3cccs3)N12. The summed E-state index contributed by atoms with van der Waals surface area (Å²) in [6, 6.07) is 3.53. The number of allylic oxidation sites excluding steroid dienone is 1. The largest absolute Gasteiger partial charge is 0.460 e. The van der Waals surface area contributed by atoms with E-state index in [1.165, 1.54) is 11.8 Å². The van der Waals surface area contributed by atoms with Crippen LogP contribution in [0.2, 0.25) is 0 Å². The number of amidine groups is 1. The molecular formula is C20H25N3O5S2. The molecule has 2 aliphatic heterocycles. The van der Waals surface area contributed by atoms with Crippen LogP contribution in [-0.4, -0.2) is 62.5 Å². The second kappa shape index (κ2) is 10.8. The van der Waals surface area contributed by atoms with Crippen LogP contribution in [0.4, 0.5) is 0 Å². The highest BCUT2D eigenvalue weighted by Crippen LogP contribution is 2.45. The molecule has 0 fully saturated rings. The summed E-state index contributed by atoms with van der Waals surface area (Å²) in [6.45, 7) is 3.20. The van der Waals surface area contributed by atoms with Gasteiger partial charge in [0.2, 0.25) is 5.91 Å². The van der Waals surface area contributed by atoms with Gasteiger partial charge in [-0.3, -0.25) is 4.79 Å². The standard InChI is InChI=1S/C20H25N3O5S2/c1-13-17(19(25)28-9-8-27-3)18(15-5-4-10-29-15)23-14(12-30-20(23)22-13)11-16(24)21-6-7-26-2/h4-5,10,12,18H,6-9,11H2,1-3H3,(H,21,24)/t18-/m0/s1. The Kier molecular flexibility index (Phi) is 8.08. The van der Waals surface area contributed by atoms with Crippen LogP contribution in [0.5, 0.6) is 0 Å². The van der Waals surface area contributed by atoms with Crippen molar-refractivity contribution in [3.05, 3.63) is 44.8 Å². The minimum absolute atomic E-state index is 0.111. The second-order valence-electron chi connectivity index (χ2n) is 6.56. The molecular weight excluding hydrogens is 426 g/mol. The predicted molar refractivity (Wildman–Crippen MR) is 117 cm³/mol. The fourth-order valence-corrected chi connectivity index (χ4v) is 4.95. The third kappa shape index (κ3) is 5.12. The number of hydrogen-bond donors (Lipinski definition) is 1. The molecule has 1 amide bonds. The first kappa shape index (κ1) is 22.5.